The maximum absolute atomic E-state index is 13.6. The van der Waals surface area contributed by atoms with Crippen LogP contribution in [-0.4, -0.2) is 93.8 Å². The Hall–Kier alpha value is -2.31. The Balaban J connectivity index is 1.71. The molecule has 6 bridgehead atoms. The van der Waals surface area contributed by atoms with Crippen LogP contribution in [0.3, 0.4) is 0 Å². The van der Waals surface area contributed by atoms with E-state index in [1.807, 2.05) is 18.2 Å². The van der Waals surface area contributed by atoms with Crippen molar-refractivity contribution in [2.75, 3.05) is 0 Å². The number of carbonyl (C=O) groups is 3. The number of hydrogen-bond donors (Lipinski definition) is 3. The Morgan fingerprint density at radius 2 is 1.53 bits per heavy atom. The van der Waals surface area contributed by atoms with Crippen molar-refractivity contribution in [3.05, 3.63) is 24.3 Å². The molecular formula is C34H52O11. The van der Waals surface area contributed by atoms with E-state index in [0.29, 0.717) is 38.5 Å². The van der Waals surface area contributed by atoms with Gasteiger partial charge in [-0.2, -0.15) is 0 Å². The van der Waals surface area contributed by atoms with Crippen LogP contribution in [0.2, 0.25) is 0 Å². The highest BCUT2D eigenvalue weighted by Gasteiger charge is 2.65. The highest BCUT2D eigenvalue weighted by atomic mass is 16.6. The molecule has 12 atom stereocenters. The third-order valence-corrected chi connectivity index (χ3v) is 9.40. The highest BCUT2D eigenvalue weighted by Crippen LogP contribution is 2.41. The van der Waals surface area contributed by atoms with Crippen LogP contribution >= 0.6 is 0 Å². The van der Waals surface area contributed by atoms with Gasteiger partial charge in [0.2, 0.25) is 5.60 Å². The fraction of sp³-hybridized carbons (Fsp3) is 0.794. The van der Waals surface area contributed by atoms with Crippen molar-refractivity contribution in [1.29, 1.82) is 0 Å². The summed E-state index contributed by atoms with van der Waals surface area (Å²) in [5, 5.41) is 34.2. The third-order valence-electron chi connectivity index (χ3n) is 9.40. The van der Waals surface area contributed by atoms with E-state index in [1.54, 1.807) is 13.8 Å². The van der Waals surface area contributed by atoms with Crippen molar-refractivity contribution in [1.82, 2.24) is 0 Å². The van der Waals surface area contributed by atoms with Crippen LogP contribution in [0.1, 0.15) is 98.3 Å². The van der Waals surface area contributed by atoms with Crippen molar-refractivity contribution >= 4 is 17.9 Å². The maximum atomic E-state index is 13.6. The van der Waals surface area contributed by atoms with Crippen LogP contribution in [0.15, 0.2) is 24.3 Å². The Kier molecular flexibility index (Phi) is 12.6. The van der Waals surface area contributed by atoms with E-state index in [4.69, 9.17) is 23.7 Å². The van der Waals surface area contributed by atoms with Gasteiger partial charge in [-0.15, -0.1) is 0 Å². The zero-order valence-electron chi connectivity index (χ0n) is 27.0. The Morgan fingerprint density at radius 3 is 2.22 bits per heavy atom. The molecule has 4 aliphatic rings. The average Bonchev–Trinajstić information content (AvgIpc) is 3.44. The fourth-order valence-electron chi connectivity index (χ4n) is 7.01. The highest BCUT2D eigenvalue weighted by molar-refractivity contribution is 5.85. The van der Waals surface area contributed by atoms with E-state index in [1.165, 1.54) is 0 Å². The van der Waals surface area contributed by atoms with Crippen LogP contribution in [0.4, 0.5) is 0 Å². The standard InChI is InChI=1S/C34H52O11/c1-5-10-30(37)44-29-18-24-17-22(35)16-23(41-24)14-20(3)12-8-7-9-13-26-21(4)15-27(42-26)25(36)19-28-32(45-31(38)11-6-2)34(29,40)33(39)43-28/h7-9,12,20-29,32,35-36,40H,5-6,10-11,13-19H2,1-4H3/b9-7-,12-8+/t20-,21+,22-,23+,24+,25+,26+,27+,28+,29+,32-,34-/m0/s1. The second kappa shape index (κ2) is 16.0. The number of rotatable bonds is 6. The van der Waals surface area contributed by atoms with Crippen molar-refractivity contribution in [2.45, 2.75) is 159 Å². The Morgan fingerprint density at radius 1 is 0.867 bits per heavy atom. The van der Waals surface area contributed by atoms with Gasteiger partial charge in [-0.3, -0.25) is 9.59 Å². The lowest BCUT2D eigenvalue weighted by Crippen LogP contribution is -2.59. The van der Waals surface area contributed by atoms with Gasteiger partial charge in [0, 0.05) is 25.7 Å². The maximum Gasteiger partial charge on any atom is 0.346 e. The summed E-state index contributed by atoms with van der Waals surface area (Å²) in [6.07, 6.45) is 3.60. The molecule has 4 aliphatic heterocycles. The molecule has 0 unspecified atom stereocenters. The van der Waals surface area contributed by atoms with Crippen molar-refractivity contribution < 1.29 is 53.4 Å². The number of aliphatic hydroxyl groups is 3. The van der Waals surface area contributed by atoms with E-state index < -0.39 is 66.2 Å². The third kappa shape index (κ3) is 8.94. The van der Waals surface area contributed by atoms with Gasteiger partial charge >= 0.3 is 17.9 Å². The van der Waals surface area contributed by atoms with Gasteiger partial charge in [0.1, 0.15) is 12.2 Å². The number of esters is 3. The largest absolute Gasteiger partial charge is 0.458 e. The Labute approximate surface area is 266 Å². The number of hydrogen-bond acceptors (Lipinski definition) is 11. The summed E-state index contributed by atoms with van der Waals surface area (Å²) in [5.41, 5.74) is -2.56. The molecule has 0 aromatic heterocycles. The molecule has 3 fully saturated rings. The van der Waals surface area contributed by atoms with Gasteiger partial charge in [0.25, 0.3) is 0 Å². The molecule has 11 heteroatoms. The van der Waals surface area contributed by atoms with Crippen LogP contribution in [0.5, 0.6) is 0 Å². The van der Waals surface area contributed by atoms with E-state index >= 15 is 0 Å². The summed E-state index contributed by atoms with van der Waals surface area (Å²) >= 11 is 0. The predicted octanol–water partition coefficient (Wildman–Crippen LogP) is 3.45. The lowest BCUT2D eigenvalue weighted by Gasteiger charge is -2.39. The lowest BCUT2D eigenvalue weighted by atomic mass is 9.83. The molecule has 0 saturated carbocycles. The summed E-state index contributed by atoms with van der Waals surface area (Å²) in [4.78, 5) is 39.3. The van der Waals surface area contributed by atoms with Crippen molar-refractivity contribution in [3.63, 3.8) is 0 Å². The summed E-state index contributed by atoms with van der Waals surface area (Å²) < 4.78 is 29.7. The van der Waals surface area contributed by atoms with Crippen LogP contribution < -0.4 is 0 Å². The summed E-state index contributed by atoms with van der Waals surface area (Å²) in [5.74, 6) is -2.11. The summed E-state index contributed by atoms with van der Waals surface area (Å²) in [6, 6.07) is 0. The molecule has 0 radical (unpaired) electrons. The van der Waals surface area contributed by atoms with Crippen molar-refractivity contribution in [2.24, 2.45) is 11.8 Å². The van der Waals surface area contributed by atoms with Gasteiger partial charge in [-0.05, 0) is 56.8 Å². The molecular weight excluding hydrogens is 584 g/mol. The second-order valence-corrected chi connectivity index (χ2v) is 13.4. The number of aliphatic hydroxyl groups excluding tert-OH is 2. The summed E-state index contributed by atoms with van der Waals surface area (Å²) in [6.45, 7) is 7.71. The quantitative estimate of drug-likeness (QED) is 0.290. The van der Waals surface area contributed by atoms with E-state index in [9.17, 15) is 29.7 Å². The molecule has 254 valence electrons. The minimum Gasteiger partial charge on any atom is -0.458 e. The first kappa shape index (κ1) is 35.5. The van der Waals surface area contributed by atoms with E-state index in [-0.39, 0.29) is 56.1 Å². The number of fused-ring (bicyclic) bond motifs is 6. The Bertz CT molecular complexity index is 1070. The second-order valence-electron chi connectivity index (χ2n) is 13.4. The monoisotopic (exact) mass is 636 g/mol. The number of ether oxygens (including phenoxy) is 5. The molecule has 3 saturated heterocycles. The minimum absolute atomic E-state index is 0.0288. The van der Waals surface area contributed by atoms with Crippen molar-refractivity contribution in [3.8, 4) is 0 Å². The first-order chi connectivity index (χ1) is 21.4. The topological polar surface area (TPSA) is 158 Å². The van der Waals surface area contributed by atoms with Crippen LogP contribution in [0, 0.1) is 11.8 Å². The molecule has 45 heavy (non-hydrogen) atoms. The van der Waals surface area contributed by atoms with Gasteiger partial charge in [0.15, 0.2) is 6.10 Å². The lowest BCUT2D eigenvalue weighted by molar-refractivity contribution is -0.200. The summed E-state index contributed by atoms with van der Waals surface area (Å²) in [7, 11) is 0. The SMILES string of the molecule is CCCC(=O)O[C@@H]1C[C@H]2C[C@@H](O)C[C@@H](C[C@@H](C)/C=C/C=C\C[C@H]3O[C@H](C[C@H]3C)[C@H](O)C[C@H]3OC(=O)[C@@]1(O)[C@H]3OC(=O)CCC)O2. The molecule has 0 aromatic rings. The zero-order chi connectivity index (χ0) is 32.7. The minimum atomic E-state index is -2.56. The van der Waals surface area contributed by atoms with Crippen LogP contribution in [0.25, 0.3) is 0 Å². The fourth-order valence-corrected chi connectivity index (χ4v) is 7.01. The molecule has 4 heterocycles. The zero-order valence-corrected chi connectivity index (χ0v) is 27.0. The van der Waals surface area contributed by atoms with E-state index in [0.717, 1.165) is 0 Å². The average molecular weight is 637 g/mol. The molecule has 0 spiro atoms. The predicted molar refractivity (Wildman–Crippen MR) is 163 cm³/mol. The molecule has 11 nitrogen and oxygen atoms in total. The van der Waals surface area contributed by atoms with Gasteiger partial charge in [-0.1, -0.05) is 52.0 Å². The smallest absolute Gasteiger partial charge is 0.346 e. The molecule has 3 N–H and O–H groups in total. The first-order valence-corrected chi connectivity index (χ1v) is 16.8. The number of allylic oxidation sites excluding steroid dienone is 3. The number of carbonyl (C=O) groups excluding carboxylic acids is 3. The normalized spacial score (nSPS) is 42.3. The van der Waals surface area contributed by atoms with Gasteiger partial charge in [-0.25, -0.2) is 4.79 Å². The van der Waals surface area contributed by atoms with Gasteiger partial charge < -0.3 is 39.0 Å². The first-order valence-electron chi connectivity index (χ1n) is 16.8. The molecule has 4 rings (SSSR count). The van der Waals surface area contributed by atoms with E-state index in [2.05, 4.69) is 19.9 Å². The molecule has 0 aromatic carbocycles. The molecule has 0 aliphatic carbocycles. The van der Waals surface area contributed by atoms with Crippen LogP contribution in [-0.2, 0) is 38.1 Å². The molecule has 0 amide bonds. The van der Waals surface area contributed by atoms with Gasteiger partial charge in [0.05, 0.1) is 36.6 Å².